The molecule has 0 radical (unpaired) electrons. The number of rotatable bonds is 3. The van der Waals surface area contributed by atoms with Crippen LogP contribution in [0.2, 0.25) is 0 Å². The van der Waals surface area contributed by atoms with Crippen molar-refractivity contribution in [3.8, 4) is 22.4 Å². The number of hydrogen-bond donors (Lipinski definition) is 1. The maximum absolute atomic E-state index is 12.9. The number of benzene rings is 1. The average Bonchev–Trinajstić information content (AvgIpc) is 3.34. The molecular weight excluding hydrogens is 368 g/mol. The number of fused-ring (bicyclic) bond motifs is 1. The summed E-state index contributed by atoms with van der Waals surface area (Å²) in [5.41, 5.74) is 3.74. The van der Waals surface area contributed by atoms with Crippen molar-refractivity contribution in [3.05, 3.63) is 70.7 Å². The molecule has 0 bridgehead atoms. The smallest absolute Gasteiger partial charge is 0.252 e. The molecule has 1 N–H and O–H groups in total. The van der Waals surface area contributed by atoms with Crippen molar-refractivity contribution in [1.82, 2.24) is 20.1 Å². The van der Waals surface area contributed by atoms with Crippen LogP contribution in [0.5, 0.6) is 0 Å². The van der Waals surface area contributed by atoms with Crippen molar-refractivity contribution in [3.63, 3.8) is 0 Å². The van der Waals surface area contributed by atoms with Gasteiger partial charge in [0.2, 0.25) is 0 Å². The predicted molar refractivity (Wildman–Crippen MR) is 112 cm³/mol. The maximum atomic E-state index is 12.9. The molecule has 1 amide bonds. The average molecular weight is 386 g/mol. The van der Waals surface area contributed by atoms with Crippen LogP contribution in [0.3, 0.4) is 0 Å². The monoisotopic (exact) mass is 386 g/mol. The first-order chi connectivity index (χ1) is 13.6. The number of carbonyl (C=O) groups is 1. The zero-order valence-electron chi connectivity index (χ0n) is 15.6. The van der Waals surface area contributed by atoms with E-state index < -0.39 is 0 Å². The Bertz CT molecular complexity index is 1200. The fourth-order valence-corrected chi connectivity index (χ4v) is 3.75. The van der Waals surface area contributed by atoms with Gasteiger partial charge in [0.05, 0.1) is 33.8 Å². The minimum absolute atomic E-state index is 0.177. The van der Waals surface area contributed by atoms with Gasteiger partial charge in [-0.1, -0.05) is 36.1 Å². The van der Waals surface area contributed by atoms with Crippen LogP contribution in [0.1, 0.15) is 21.6 Å². The largest absolute Gasteiger partial charge is 0.341 e. The normalized spacial score (nSPS) is 10.5. The molecule has 6 heteroatoms. The molecule has 0 spiro atoms. The SMILES string of the molecule is Cc1nn(C)c2nc(-c3cccs3)cc(C(=O)NCC#Cc3ccccc3)c12. The number of amides is 1. The van der Waals surface area contributed by atoms with Crippen molar-refractivity contribution in [2.75, 3.05) is 6.54 Å². The summed E-state index contributed by atoms with van der Waals surface area (Å²) < 4.78 is 1.72. The van der Waals surface area contributed by atoms with Crippen molar-refractivity contribution >= 4 is 28.3 Å². The van der Waals surface area contributed by atoms with E-state index in [1.54, 1.807) is 16.0 Å². The van der Waals surface area contributed by atoms with Crippen LogP contribution in [0.25, 0.3) is 21.6 Å². The Morgan fingerprint density at radius 1 is 1.21 bits per heavy atom. The fraction of sp³-hybridized carbons (Fsp3) is 0.136. The molecule has 1 aromatic carbocycles. The number of nitrogens with zero attached hydrogens (tertiary/aromatic N) is 3. The number of hydrogen-bond acceptors (Lipinski definition) is 4. The van der Waals surface area contributed by atoms with Crippen LogP contribution in [-0.2, 0) is 7.05 Å². The van der Waals surface area contributed by atoms with Gasteiger partial charge in [0.15, 0.2) is 5.65 Å². The highest BCUT2D eigenvalue weighted by atomic mass is 32.1. The standard InChI is InChI=1S/C22H18N4OS/c1-15-20-17(22(27)23-12-6-10-16-8-4-3-5-9-16)14-18(19-11-7-13-28-19)24-21(20)26(2)25-15/h3-5,7-9,11,13-14H,12H2,1-2H3,(H,23,27). The summed E-state index contributed by atoms with van der Waals surface area (Å²) in [6, 6.07) is 15.5. The van der Waals surface area contributed by atoms with Gasteiger partial charge in [0, 0.05) is 12.6 Å². The molecule has 138 valence electrons. The highest BCUT2D eigenvalue weighted by Gasteiger charge is 2.19. The van der Waals surface area contributed by atoms with Gasteiger partial charge in [-0.15, -0.1) is 11.3 Å². The first-order valence-electron chi connectivity index (χ1n) is 8.84. The van der Waals surface area contributed by atoms with Gasteiger partial charge in [-0.3, -0.25) is 9.48 Å². The Morgan fingerprint density at radius 3 is 2.79 bits per heavy atom. The number of thiophene rings is 1. The third-order valence-corrected chi connectivity index (χ3v) is 5.22. The molecule has 3 aromatic heterocycles. The lowest BCUT2D eigenvalue weighted by Gasteiger charge is -2.07. The Kier molecular flexibility index (Phi) is 4.92. The number of nitrogens with one attached hydrogen (secondary N) is 1. The highest BCUT2D eigenvalue weighted by molar-refractivity contribution is 7.13. The molecule has 0 atom stereocenters. The first-order valence-corrected chi connectivity index (χ1v) is 9.72. The minimum atomic E-state index is -0.177. The predicted octanol–water partition coefficient (Wildman–Crippen LogP) is 3.79. The summed E-state index contributed by atoms with van der Waals surface area (Å²) in [7, 11) is 1.84. The van der Waals surface area contributed by atoms with Crippen molar-refractivity contribution < 1.29 is 4.79 Å². The number of pyridine rings is 1. The first kappa shape index (κ1) is 18.0. The Hall–Kier alpha value is -3.43. The Balaban J connectivity index is 1.65. The number of aryl methyl sites for hydroxylation is 2. The fourth-order valence-electron chi connectivity index (χ4n) is 3.06. The summed E-state index contributed by atoms with van der Waals surface area (Å²) in [5, 5.41) is 10.1. The number of aromatic nitrogens is 3. The van der Waals surface area contributed by atoms with Crippen molar-refractivity contribution in [2.45, 2.75) is 6.92 Å². The lowest BCUT2D eigenvalue weighted by Crippen LogP contribution is -2.24. The third-order valence-electron chi connectivity index (χ3n) is 4.33. The molecular formula is C22H18N4OS. The van der Waals surface area contributed by atoms with Gasteiger partial charge < -0.3 is 5.32 Å². The van der Waals surface area contributed by atoms with Crippen molar-refractivity contribution in [2.24, 2.45) is 7.05 Å². The molecule has 28 heavy (non-hydrogen) atoms. The number of carbonyl (C=O) groups excluding carboxylic acids is 1. The molecule has 0 saturated carbocycles. The second-order valence-corrected chi connectivity index (χ2v) is 7.24. The lowest BCUT2D eigenvalue weighted by molar-refractivity contribution is 0.0960. The summed E-state index contributed by atoms with van der Waals surface area (Å²) in [5.74, 6) is 5.86. The van der Waals surface area contributed by atoms with Crippen LogP contribution < -0.4 is 5.32 Å². The van der Waals surface area contributed by atoms with Gasteiger partial charge in [0.1, 0.15) is 0 Å². The van der Waals surface area contributed by atoms with E-state index in [2.05, 4.69) is 22.3 Å². The molecule has 4 rings (SSSR count). The van der Waals surface area contributed by atoms with E-state index in [1.165, 1.54) is 0 Å². The van der Waals surface area contributed by atoms with E-state index in [1.807, 2.05) is 67.9 Å². The lowest BCUT2D eigenvalue weighted by atomic mass is 10.1. The van der Waals surface area contributed by atoms with Gasteiger partial charge >= 0.3 is 0 Å². The summed E-state index contributed by atoms with van der Waals surface area (Å²) in [4.78, 5) is 18.6. The van der Waals surface area contributed by atoms with E-state index in [9.17, 15) is 4.79 Å². The Labute approximate surface area is 167 Å². The molecule has 0 fully saturated rings. The molecule has 0 saturated heterocycles. The van der Waals surface area contributed by atoms with Crippen LogP contribution >= 0.6 is 11.3 Å². The minimum Gasteiger partial charge on any atom is -0.341 e. The second kappa shape index (κ2) is 7.67. The quantitative estimate of drug-likeness (QED) is 0.545. The third kappa shape index (κ3) is 3.53. The molecule has 0 unspecified atom stereocenters. The van der Waals surface area contributed by atoms with Gasteiger partial charge in [-0.05, 0) is 36.6 Å². The molecule has 0 aliphatic carbocycles. The highest BCUT2D eigenvalue weighted by Crippen LogP contribution is 2.29. The topological polar surface area (TPSA) is 59.8 Å². The van der Waals surface area contributed by atoms with E-state index in [0.717, 1.165) is 27.2 Å². The van der Waals surface area contributed by atoms with Crippen LogP contribution in [0, 0.1) is 18.8 Å². The van der Waals surface area contributed by atoms with Crippen molar-refractivity contribution in [1.29, 1.82) is 0 Å². The summed E-state index contributed by atoms with van der Waals surface area (Å²) in [6.07, 6.45) is 0. The van der Waals surface area contributed by atoms with E-state index >= 15 is 0 Å². The second-order valence-electron chi connectivity index (χ2n) is 6.29. The zero-order chi connectivity index (χ0) is 19.5. The molecule has 5 nitrogen and oxygen atoms in total. The van der Waals surface area contributed by atoms with E-state index in [4.69, 9.17) is 4.98 Å². The van der Waals surface area contributed by atoms with Crippen LogP contribution in [0.15, 0.2) is 53.9 Å². The molecule has 0 aliphatic heterocycles. The zero-order valence-corrected chi connectivity index (χ0v) is 16.4. The Morgan fingerprint density at radius 2 is 2.04 bits per heavy atom. The van der Waals surface area contributed by atoms with E-state index in [-0.39, 0.29) is 12.5 Å². The maximum Gasteiger partial charge on any atom is 0.252 e. The van der Waals surface area contributed by atoms with Gasteiger partial charge in [-0.25, -0.2) is 4.98 Å². The van der Waals surface area contributed by atoms with Crippen LogP contribution in [0.4, 0.5) is 0 Å². The molecule has 4 aromatic rings. The van der Waals surface area contributed by atoms with Gasteiger partial charge in [-0.2, -0.15) is 5.10 Å². The van der Waals surface area contributed by atoms with Gasteiger partial charge in [0.25, 0.3) is 5.91 Å². The molecule has 0 aliphatic rings. The van der Waals surface area contributed by atoms with E-state index in [0.29, 0.717) is 11.2 Å². The summed E-state index contributed by atoms with van der Waals surface area (Å²) in [6.45, 7) is 2.16. The summed E-state index contributed by atoms with van der Waals surface area (Å²) >= 11 is 1.59. The van der Waals surface area contributed by atoms with Crippen LogP contribution in [-0.4, -0.2) is 27.2 Å². The molecule has 3 heterocycles.